The van der Waals surface area contributed by atoms with Gasteiger partial charge in [-0.05, 0) is 48.9 Å². The highest BCUT2D eigenvalue weighted by molar-refractivity contribution is 6.17. The first-order valence-corrected chi connectivity index (χ1v) is 8.88. The van der Waals surface area contributed by atoms with Crippen LogP contribution >= 0.6 is 11.6 Å². The van der Waals surface area contributed by atoms with Crippen molar-refractivity contribution in [1.29, 1.82) is 0 Å². The van der Waals surface area contributed by atoms with E-state index in [-0.39, 0.29) is 11.8 Å². The van der Waals surface area contributed by atoms with Crippen LogP contribution < -0.4 is 21.1 Å². The molecule has 1 heterocycles. The minimum atomic E-state index is -0.564. The van der Waals surface area contributed by atoms with Gasteiger partial charge in [0, 0.05) is 22.9 Å². The maximum absolute atomic E-state index is 14.0. The van der Waals surface area contributed by atoms with E-state index in [1.54, 1.807) is 24.3 Å². The van der Waals surface area contributed by atoms with E-state index in [0.717, 1.165) is 24.1 Å². The van der Waals surface area contributed by atoms with Gasteiger partial charge in [0.25, 0.3) is 0 Å². The lowest BCUT2D eigenvalue weighted by Crippen LogP contribution is -2.03. The van der Waals surface area contributed by atoms with Gasteiger partial charge in [0.2, 0.25) is 5.95 Å². The van der Waals surface area contributed by atoms with Gasteiger partial charge in [-0.25, -0.2) is 9.37 Å². The number of benzene rings is 2. The lowest BCUT2D eigenvalue weighted by molar-refractivity contribution is 0.318. The van der Waals surface area contributed by atoms with Crippen molar-refractivity contribution in [3.8, 4) is 5.75 Å². The summed E-state index contributed by atoms with van der Waals surface area (Å²) in [5.74, 6) is 1.06. The van der Waals surface area contributed by atoms with E-state index in [1.165, 1.54) is 0 Å². The van der Waals surface area contributed by atoms with Crippen molar-refractivity contribution in [2.45, 2.75) is 6.42 Å². The number of rotatable bonds is 8. The molecule has 0 atom stereocenters. The molecule has 0 saturated carbocycles. The Bertz CT molecular complexity index is 892. The Morgan fingerprint density at radius 3 is 2.63 bits per heavy atom. The topological polar surface area (TPSA) is 85.1 Å². The first-order valence-electron chi connectivity index (χ1n) is 8.35. The van der Waals surface area contributed by atoms with Crippen LogP contribution in [0.25, 0.3) is 0 Å². The quantitative estimate of drug-likeness (QED) is 0.295. The van der Waals surface area contributed by atoms with Gasteiger partial charge >= 0.3 is 0 Å². The maximum atomic E-state index is 14.0. The monoisotopic (exact) mass is 387 g/mol. The molecule has 4 N–H and O–H groups in total. The molecule has 0 radical (unpaired) electrons. The summed E-state index contributed by atoms with van der Waals surface area (Å²) in [7, 11) is 0. The summed E-state index contributed by atoms with van der Waals surface area (Å²) in [5.41, 5.74) is 7.69. The van der Waals surface area contributed by atoms with Crippen molar-refractivity contribution in [2.75, 3.05) is 28.9 Å². The van der Waals surface area contributed by atoms with Crippen molar-refractivity contribution >= 4 is 40.4 Å². The first-order chi connectivity index (χ1) is 13.1. The second-order valence-electron chi connectivity index (χ2n) is 5.68. The van der Waals surface area contributed by atoms with E-state index in [4.69, 9.17) is 22.1 Å². The zero-order chi connectivity index (χ0) is 19.1. The fourth-order valence-electron chi connectivity index (χ4n) is 2.28. The van der Waals surface area contributed by atoms with Crippen LogP contribution in [0.1, 0.15) is 6.42 Å². The molecular formula is C19H19ClFN5O. The number of nitrogens with one attached hydrogen (secondary N) is 2. The van der Waals surface area contributed by atoms with Gasteiger partial charge in [-0.2, -0.15) is 4.98 Å². The normalized spacial score (nSPS) is 10.4. The van der Waals surface area contributed by atoms with Crippen LogP contribution in [0.15, 0.2) is 54.7 Å². The molecule has 0 aliphatic heterocycles. The van der Waals surface area contributed by atoms with Gasteiger partial charge < -0.3 is 21.1 Å². The molecule has 0 saturated heterocycles. The SMILES string of the molecule is Nc1cccc(Nc2nc(Nc3ccc(OCCCCl)cc3)ncc2F)c1. The summed E-state index contributed by atoms with van der Waals surface area (Å²) >= 11 is 5.62. The molecule has 27 heavy (non-hydrogen) atoms. The fraction of sp³-hybridized carbons (Fsp3) is 0.158. The average Bonchev–Trinajstić information content (AvgIpc) is 2.66. The van der Waals surface area contributed by atoms with Crippen LogP contribution in [-0.4, -0.2) is 22.5 Å². The Kier molecular flexibility index (Phi) is 6.27. The summed E-state index contributed by atoms with van der Waals surface area (Å²) < 4.78 is 19.6. The Morgan fingerprint density at radius 1 is 1.07 bits per heavy atom. The Hall–Kier alpha value is -3.06. The van der Waals surface area contributed by atoms with Crippen LogP contribution in [0.3, 0.4) is 0 Å². The van der Waals surface area contributed by atoms with E-state index in [2.05, 4.69) is 20.6 Å². The van der Waals surface area contributed by atoms with Crippen LogP contribution in [0.2, 0.25) is 0 Å². The van der Waals surface area contributed by atoms with Gasteiger partial charge in [0.15, 0.2) is 11.6 Å². The molecule has 0 amide bonds. The highest BCUT2D eigenvalue weighted by Crippen LogP contribution is 2.22. The molecule has 3 aromatic rings. The number of nitrogen functional groups attached to an aromatic ring is 1. The van der Waals surface area contributed by atoms with Crippen LogP contribution in [-0.2, 0) is 0 Å². The fourth-order valence-corrected chi connectivity index (χ4v) is 2.39. The van der Waals surface area contributed by atoms with Gasteiger partial charge in [-0.3, -0.25) is 0 Å². The summed E-state index contributed by atoms with van der Waals surface area (Å²) in [6.07, 6.45) is 1.89. The van der Waals surface area contributed by atoms with Gasteiger partial charge in [0.1, 0.15) is 5.75 Å². The van der Waals surface area contributed by atoms with E-state index >= 15 is 0 Å². The molecule has 0 spiro atoms. The number of hydrogen-bond donors (Lipinski definition) is 3. The van der Waals surface area contributed by atoms with E-state index in [9.17, 15) is 4.39 Å². The smallest absolute Gasteiger partial charge is 0.229 e. The van der Waals surface area contributed by atoms with Crippen molar-refractivity contribution in [1.82, 2.24) is 9.97 Å². The van der Waals surface area contributed by atoms with Crippen molar-refractivity contribution < 1.29 is 9.13 Å². The summed E-state index contributed by atoms with van der Waals surface area (Å²) in [6.45, 7) is 0.566. The molecule has 0 aliphatic carbocycles. The molecule has 8 heteroatoms. The number of ether oxygens (including phenoxy) is 1. The predicted molar refractivity (Wildman–Crippen MR) is 107 cm³/mol. The third-order valence-corrected chi connectivity index (χ3v) is 3.82. The summed E-state index contributed by atoms with van der Waals surface area (Å²) in [6, 6.07) is 14.3. The first kappa shape index (κ1) is 18.7. The predicted octanol–water partition coefficient (Wildman–Crippen LogP) is 4.69. The zero-order valence-electron chi connectivity index (χ0n) is 14.5. The molecule has 0 fully saturated rings. The minimum absolute atomic E-state index is 0.0547. The molecule has 6 nitrogen and oxygen atoms in total. The molecule has 2 aromatic carbocycles. The average molecular weight is 388 g/mol. The van der Waals surface area contributed by atoms with E-state index < -0.39 is 5.82 Å². The largest absolute Gasteiger partial charge is 0.494 e. The number of aromatic nitrogens is 2. The number of alkyl halides is 1. The third-order valence-electron chi connectivity index (χ3n) is 3.55. The van der Waals surface area contributed by atoms with Crippen LogP contribution in [0, 0.1) is 5.82 Å². The molecule has 0 unspecified atom stereocenters. The minimum Gasteiger partial charge on any atom is -0.494 e. The Labute approximate surface area is 161 Å². The van der Waals surface area contributed by atoms with Gasteiger partial charge in [-0.15, -0.1) is 11.6 Å². The number of halogens is 2. The third kappa shape index (κ3) is 5.46. The highest BCUT2D eigenvalue weighted by atomic mass is 35.5. The van der Waals surface area contributed by atoms with Crippen molar-refractivity contribution in [3.63, 3.8) is 0 Å². The van der Waals surface area contributed by atoms with E-state index in [0.29, 0.717) is 23.9 Å². The summed E-state index contributed by atoms with van der Waals surface area (Å²) in [5, 5.41) is 5.93. The highest BCUT2D eigenvalue weighted by Gasteiger charge is 2.08. The lowest BCUT2D eigenvalue weighted by atomic mass is 10.3. The number of anilines is 5. The number of nitrogens with zero attached hydrogens (tertiary/aromatic N) is 2. The van der Waals surface area contributed by atoms with Gasteiger partial charge in [0.05, 0.1) is 12.8 Å². The number of nitrogens with two attached hydrogens (primary N) is 1. The maximum Gasteiger partial charge on any atom is 0.229 e. The molecular weight excluding hydrogens is 369 g/mol. The van der Waals surface area contributed by atoms with Gasteiger partial charge in [-0.1, -0.05) is 6.07 Å². The summed E-state index contributed by atoms with van der Waals surface area (Å²) in [4.78, 5) is 8.15. The molecule has 0 aliphatic rings. The van der Waals surface area contributed by atoms with E-state index in [1.807, 2.05) is 24.3 Å². The number of hydrogen-bond acceptors (Lipinski definition) is 6. The van der Waals surface area contributed by atoms with Crippen LogP contribution in [0.4, 0.5) is 33.2 Å². The molecule has 140 valence electrons. The molecule has 1 aromatic heterocycles. The van der Waals surface area contributed by atoms with Crippen LogP contribution in [0.5, 0.6) is 5.75 Å². The standard InChI is InChI=1S/C19H19ClFN5O/c20-9-2-10-27-16-7-5-14(6-8-16)25-19-23-12-17(21)18(26-19)24-15-4-1-3-13(22)11-15/h1,3-8,11-12H,2,9-10,22H2,(H2,23,24,25,26). The molecule has 0 bridgehead atoms. The zero-order valence-corrected chi connectivity index (χ0v) is 15.2. The second kappa shape index (κ2) is 9.05. The molecule has 3 rings (SSSR count). The Morgan fingerprint density at radius 2 is 1.89 bits per heavy atom. The second-order valence-corrected chi connectivity index (χ2v) is 6.06. The lowest BCUT2D eigenvalue weighted by Gasteiger charge is -2.10. The van der Waals surface area contributed by atoms with Crippen molar-refractivity contribution in [2.24, 2.45) is 0 Å². The van der Waals surface area contributed by atoms with Crippen molar-refractivity contribution in [3.05, 3.63) is 60.5 Å². The Balaban J connectivity index is 1.68.